The second kappa shape index (κ2) is 9.38. The Kier molecular flexibility index (Phi) is 6.21. The highest BCUT2D eigenvalue weighted by Gasteiger charge is 2.08. The van der Waals surface area contributed by atoms with Crippen LogP contribution in [0.2, 0.25) is 0 Å². The minimum atomic E-state index is -0.866. The number of carbonyl (C=O) groups is 1. The maximum atomic E-state index is 10.9. The summed E-state index contributed by atoms with van der Waals surface area (Å²) in [6.07, 6.45) is 5.01. The van der Waals surface area contributed by atoms with Crippen LogP contribution in [0.5, 0.6) is 11.5 Å². The SMILES string of the molecule is CCc1coc(-c2cccc(OCCCOc3ccc4c(ccn4CC(=O)O)c3)c2)n1. The topological polar surface area (TPSA) is 86.7 Å². The second-order valence-electron chi connectivity index (χ2n) is 7.13. The molecule has 0 saturated heterocycles. The molecule has 0 fully saturated rings. The molecule has 0 amide bonds. The van der Waals surface area contributed by atoms with E-state index in [2.05, 4.69) is 4.98 Å². The number of oxazole rings is 1. The summed E-state index contributed by atoms with van der Waals surface area (Å²) >= 11 is 0. The van der Waals surface area contributed by atoms with Crippen LogP contribution in [0.3, 0.4) is 0 Å². The Morgan fingerprint density at radius 3 is 2.65 bits per heavy atom. The van der Waals surface area contributed by atoms with Gasteiger partial charge in [-0.05, 0) is 48.9 Å². The van der Waals surface area contributed by atoms with E-state index in [1.807, 2.05) is 55.5 Å². The van der Waals surface area contributed by atoms with Crippen molar-refractivity contribution in [3.8, 4) is 23.0 Å². The summed E-state index contributed by atoms with van der Waals surface area (Å²) in [5, 5.41) is 9.92. The van der Waals surface area contributed by atoms with Crippen LogP contribution >= 0.6 is 0 Å². The lowest BCUT2D eigenvalue weighted by Gasteiger charge is -2.09. The molecule has 31 heavy (non-hydrogen) atoms. The van der Waals surface area contributed by atoms with Crippen molar-refractivity contribution in [2.24, 2.45) is 0 Å². The molecule has 0 aliphatic carbocycles. The molecule has 0 aliphatic heterocycles. The van der Waals surface area contributed by atoms with Gasteiger partial charge in [0.25, 0.3) is 0 Å². The third-order valence-corrected chi connectivity index (χ3v) is 4.87. The molecule has 0 bridgehead atoms. The largest absolute Gasteiger partial charge is 0.493 e. The van der Waals surface area contributed by atoms with E-state index in [9.17, 15) is 4.79 Å². The molecular weight excluding hydrogens is 396 g/mol. The highest BCUT2D eigenvalue weighted by molar-refractivity contribution is 5.83. The Balaban J connectivity index is 1.27. The molecule has 7 nitrogen and oxygen atoms in total. The maximum Gasteiger partial charge on any atom is 0.323 e. The normalized spacial score (nSPS) is 11.0. The van der Waals surface area contributed by atoms with Crippen LogP contribution in [0.25, 0.3) is 22.4 Å². The monoisotopic (exact) mass is 420 g/mol. The Labute approximate surface area is 179 Å². The number of ether oxygens (including phenoxy) is 2. The lowest BCUT2D eigenvalue weighted by molar-refractivity contribution is -0.137. The summed E-state index contributed by atoms with van der Waals surface area (Å²) in [5.41, 5.74) is 2.68. The van der Waals surface area contributed by atoms with E-state index in [0.717, 1.165) is 46.5 Å². The molecule has 4 aromatic rings. The van der Waals surface area contributed by atoms with Gasteiger partial charge in [-0.1, -0.05) is 13.0 Å². The van der Waals surface area contributed by atoms with Gasteiger partial charge in [-0.25, -0.2) is 4.98 Å². The number of hydrogen-bond acceptors (Lipinski definition) is 5. The first-order valence-corrected chi connectivity index (χ1v) is 10.2. The van der Waals surface area contributed by atoms with E-state index >= 15 is 0 Å². The van der Waals surface area contributed by atoms with Crippen LogP contribution in [-0.4, -0.2) is 33.8 Å². The van der Waals surface area contributed by atoms with Crippen molar-refractivity contribution in [3.63, 3.8) is 0 Å². The molecular formula is C24H24N2O5. The second-order valence-corrected chi connectivity index (χ2v) is 7.13. The fourth-order valence-corrected chi connectivity index (χ4v) is 3.31. The van der Waals surface area contributed by atoms with Gasteiger partial charge in [0.2, 0.25) is 5.89 Å². The number of aromatic nitrogens is 2. The average Bonchev–Trinajstić information content (AvgIpc) is 3.40. The number of aliphatic carboxylic acids is 1. The maximum absolute atomic E-state index is 10.9. The molecule has 4 rings (SSSR count). The van der Waals surface area contributed by atoms with Crippen molar-refractivity contribution in [1.29, 1.82) is 0 Å². The molecule has 160 valence electrons. The van der Waals surface area contributed by atoms with Crippen LogP contribution in [0.4, 0.5) is 0 Å². The van der Waals surface area contributed by atoms with Crippen LogP contribution in [0.15, 0.2) is 65.4 Å². The van der Waals surface area contributed by atoms with Gasteiger partial charge in [0.05, 0.1) is 18.9 Å². The van der Waals surface area contributed by atoms with E-state index in [1.165, 1.54) is 0 Å². The lowest BCUT2D eigenvalue weighted by Crippen LogP contribution is -2.07. The van der Waals surface area contributed by atoms with Gasteiger partial charge < -0.3 is 23.6 Å². The van der Waals surface area contributed by atoms with E-state index in [4.69, 9.17) is 19.0 Å². The molecule has 0 radical (unpaired) electrons. The number of hydrogen-bond donors (Lipinski definition) is 1. The van der Waals surface area contributed by atoms with Gasteiger partial charge in [0.1, 0.15) is 24.3 Å². The number of aryl methyl sites for hydroxylation is 1. The number of nitrogens with zero attached hydrogens (tertiary/aromatic N) is 2. The third kappa shape index (κ3) is 5.06. The molecule has 2 aromatic heterocycles. The molecule has 0 atom stereocenters. The Bertz CT molecular complexity index is 1180. The minimum Gasteiger partial charge on any atom is -0.493 e. The van der Waals surface area contributed by atoms with Crippen molar-refractivity contribution < 1.29 is 23.8 Å². The Morgan fingerprint density at radius 1 is 1.10 bits per heavy atom. The van der Waals surface area contributed by atoms with Gasteiger partial charge in [0.15, 0.2) is 0 Å². The van der Waals surface area contributed by atoms with Gasteiger partial charge in [-0.15, -0.1) is 0 Å². The van der Waals surface area contributed by atoms with Crippen molar-refractivity contribution in [2.75, 3.05) is 13.2 Å². The third-order valence-electron chi connectivity index (χ3n) is 4.87. The van der Waals surface area contributed by atoms with E-state index in [-0.39, 0.29) is 6.54 Å². The first-order chi connectivity index (χ1) is 15.1. The van der Waals surface area contributed by atoms with E-state index in [1.54, 1.807) is 17.0 Å². The molecule has 0 spiro atoms. The van der Waals surface area contributed by atoms with Crippen LogP contribution in [-0.2, 0) is 17.8 Å². The fraction of sp³-hybridized carbons (Fsp3) is 0.250. The van der Waals surface area contributed by atoms with E-state index < -0.39 is 5.97 Å². The Hall–Kier alpha value is -3.74. The number of carboxylic acid groups (broad SMARTS) is 1. The fourth-order valence-electron chi connectivity index (χ4n) is 3.31. The molecule has 0 saturated carbocycles. The van der Waals surface area contributed by atoms with E-state index in [0.29, 0.717) is 19.1 Å². The number of benzene rings is 2. The molecule has 2 heterocycles. The van der Waals surface area contributed by atoms with Crippen LogP contribution in [0.1, 0.15) is 19.0 Å². The predicted molar refractivity (Wildman–Crippen MR) is 116 cm³/mol. The summed E-state index contributed by atoms with van der Waals surface area (Å²) in [4.78, 5) is 15.4. The zero-order valence-corrected chi connectivity index (χ0v) is 17.3. The van der Waals surface area contributed by atoms with Gasteiger partial charge >= 0.3 is 5.97 Å². The van der Waals surface area contributed by atoms with Gasteiger partial charge in [0, 0.05) is 29.1 Å². The van der Waals surface area contributed by atoms with Gasteiger partial charge in [-0.2, -0.15) is 0 Å². The standard InChI is InChI=1S/C24H24N2O5/c1-2-19-16-31-24(25-19)18-5-3-6-20(14-18)29-11-4-12-30-21-7-8-22-17(13-21)9-10-26(22)15-23(27)28/h3,5-10,13-14,16H,2,4,11-12,15H2,1H3,(H,27,28). The van der Waals surface area contributed by atoms with Crippen molar-refractivity contribution in [1.82, 2.24) is 9.55 Å². The van der Waals surface area contributed by atoms with Crippen molar-refractivity contribution in [3.05, 3.63) is 66.7 Å². The Morgan fingerprint density at radius 2 is 1.90 bits per heavy atom. The predicted octanol–water partition coefficient (Wildman–Crippen LogP) is 4.79. The smallest absolute Gasteiger partial charge is 0.323 e. The zero-order valence-electron chi connectivity index (χ0n) is 17.3. The molecule has 0 unspecified atom stereocenters. The summed E-state index contributed by atoms with van der Waals surface area (Å²) in [5.74, 6) is 1.24. The average molecular weight is 420 g/mol. The number of rotatable bonds is 10. The number of fused-ring (bicyclic) bond motifs is 1. The highest BCUT2D eigenvalue weighted by atomic mass is 16.5. The summed E-state index contributed by atoms with van der Waals surface area (Å²) in [7, 11) is 0. The molecule has 1 N–H and O–H groups in total. The summed E-state index contributed by atoms with van der Waals surface area (Å²) in [6.45, 7) is 3.02. The van der Waals surface area contributed by atoms with Crippen molar-refractivity contribution in [2.45, 2.75) is 26.3 Å². The highest BCUT2D eigenvalue weighted by Crippen LogP contribution is 2.24. The molecule has 0 aliphatic rings. The summed E-state index contributed by atoms with van der Waals surface area (Å²) < 4.78 is 18.9. The quantitative estimate of drug-likeness (QED) is 0.371. The van der Waals surface area contributed by atoms with Crippen molar-refractivity contribution >= 4 is 16.9 Å². The molecule has 7 heteroatoms. The van der Waals surface area contributed by atoms with Crippen LogP contribution < -0.4 is 9.47 Å². The first kappa shape index (κ1) is 20.5. The number of carboxylic acids is 1. The van der Waals surface area contributed by atoms with Crippen LogP contribution in [0, 0.1) is 0 Å². The zero-order chi connectivity index (χ0) is 21.6. The summed E-state index contributed by atoms with van der Waals surface area (Å²) in [6, 6.07) is 15.2. The first-order valence-electron chi connectivity index (χ1n) is 10.2. The molecule has 2 aromatic carbocycles. The lowest BCUT2D eigenvalue weighted by atomic mass is 10.2. The van der Waals surface area contributed by atoms with Gasteiger partial charge in [-0.3, -0.25) is 4.79 Å². The minimum absolute atomic E-state index is 0.0575.